The molecule has 0 aliphatic rings. The Morgan fingerprint density at radius 1 is 1.20 bits per heavy atom. The van der Waals surface area contributed by atoms with Crippen LogP contribution in [-0.2, 0) is 27.9 Å². The molecule has 13 heteroatoms. The summed E-state index contributed by atoms with van der Waals surface area (Å²) in [5.41, 5.74) is 0.548. The Balaban J connectivity index is 1.72. The Morgan fingerprint density at radius 2 is 1.93 bits per heavy atom. The maximum absolute atomic E-state index is 12.3. The van der Waals surface area contributed by atoms with Crippen molar-refractivity contribution in [3.05, 3.63) is 41.2 Å². The number of hydrogen-bond acceptors (Lipinski definition) is 9. The lowest BCUT2D eigenvalue weighted by Gasteiger charge is -2.22. The number of aromatic nitrogens is 5. The van der Waals surface area contributed by atoms with Crippen molar-refractivity contribution in [2.75, 3.05) is 21.6 Å². The monoisotopic (exact) mass is 467 g/mol. The SMILES string of the molecule is CCn1c(CN(c2ccccc2)S(C)(=O)=O)nnc1SCC(=O)Nc1nnc(C)s1. The molecular weight excluding hydrogens is 446 g/mol. The average Bonchev–Trinajstić information content (AvgIpc) is 3.29. The molecule has 0 aliphatic carbocycles. The van der Waals surface area contributed by atoms with Crippen LogP contribution in [0.5, 0.6) is 0 Å². The first-order valence-electron chi connectivity index (χ1n) is 8.95. The zero-order valence-corrected chi connectivity index (χ0v) is 19.1. The fourth-order valence-corrected chi connectivity index (χ4v) is 4.90. The van der Waals surface area contributed by atoms with Crippen LogP contribution in [0.2, 0.25) is 0 Å². The molecule has 1 aromatic carbocycles. The van der Waals surface area contributed by atoms with E-state index in [0.29, 0.717) is 28.3 Å². The van der Waals surface area contributed by atoms with E-state index in [0.717, 1.165) is 11.3 Å². The summed E-state index contributed by atoms with van der Waals surface area (Å²) in [4.78, 5) is 12.2. The second-order valence-corrected chi connectivity index (χ2v) is 10.2. The molecule has 0 radical (unpaired) electrons. The van der Waals surface area contributed by atoms with Crippen LogP contribution in [0.3, 0.4) is 0 Å². The highest BCUT2D eigenvalue weighted by molar-refractivity contribution is 7.99. The molecule has 0 bridgehead atoms. The molecule has 10 nitrogen and oxygen atoms in total. The molecule has 0 spiro atoms. The highest BCUT2D eigenvalue weighted by Crippen LogP contribution is 2.23. The van der Waals surface area contributed by atoms with Crippen LogP contribution in [0.25, 0.3) is 0 Å². The first-order chi connectivity index (χ1) is 14.3. The van der Waals surface area contributed by atoms with E-state index >= 15 is 0 Å². The van der Waals surface area contributed by atoms with E-state index in [1.807, 2.05) is 19.9 Å². The molecule has 30 heavy (non-hydrogen) atoms. The number of para-hydroxylation sites is 1. The van der Waals surface area contributed by atoms with Crippen LogP contribution in [-0.4, -0.2) is 51.3 Å². The van der Waals surface area contributed by atoms with Crippen LogP contribution < -0.4 is 9.62 Å². The van der Waals surface area contributed by atoms with Gasteiger partial charge in [0, 0.05) is 6.54 Å². The summed E-state index contributed by atoms with van der Waals surface area (Å²) >= 11 is 2.52. The minimum Gasteiger partial charge on any atom is -0.305 e. The molecule has 0 fully saturated rings. The van der Waals surface area contributed by atoms with Crippen LogP contribution in [0, 0.1) is 6.92 Å². The van der Waals surface area contributed by atoms with Gasteiger partial charge >= 0.3 is 0 Å². The van der Waals surface area contributed by atoms with Crippen molar-refractivity contribution in [2.45, 2.75) is 32.1 Å². The Hall–Kier alpha value is -2.51. The minimum atomic E-state index is -3.52. The van der Waals surface area contributed by atoms with Gasteiger partial charge in [-0.3, -0.25) is 14.4 Å². The third kappa shape index (κ3) is 5.55. The molecule has 160 valence electrons. The van der Waals surface area contributed by atoms with Crippen LogP contribution in [0.4, 0.5) is 10.8 Å². The maximum Gasteiger partial charge on any atom is 0.236 e. The van der Waals surface area contributed by atoms with Crippen molar-refractivity contribution in [2.24, 2.45) is 0 Å². The van der Waals surface area contributed by atoms with E-state index in [1.54, 1.807) is 28.8 Å². The fourth-order valence-electron chi connectivity index (χ4n) is 2.62. The highest BCUT2D eigenvalue weighted by Gasteiger charge is 2.22. The molecule has 0 saturated carbocycles. The van der Waals surface area contributed by atoms with Crippen molar-refractivity contribution in [1.29, 1.82) is 0 Å². The van der Waals surface area contributed by atoms with Crippen molar-refractivity contribution in [1.82, 2.24) is 25.0 Å². The molecule has 0 atom stereocenters. The van der Waals surface area contributed by atoms with E-state index in [9.17, 15) is 13.2 Å². The van der Waals surface area contributed by atoms with Crippen LogP contribution >= 0.6 is 23.1 Å². The Bertz CT molecular complexity index is 1110. The number of amides is 1. The third-order valence-corrected chi connectivity index (χ3v) is 6.81. The third-order valence-electron chi connectivity index (χ3n) is 3.94. The van der Waals surface area contributed by atoms with Crippen molar-refractivity contribution in [3.63, 3.8) is 0 Å². The summed E-state index contributed by atoms with van der Waals surface area (Å²) in [5.74, 6) is 0.380. The first kappa shape index (κ1) is 22.2. The number of nitrogens with zero attached hydrogens (tertiary/aromatic N) is 6. The fraction of sp³-hybridized carbons (Fsp3) is 0.353. The highest BCUT2D eigenvalue weighted by atomic mass is 32.2. The smallest absolute Gasteiger partial charge is 0.236 e. The number of aryl methyl sites for hydroxylation is 1. The second kappa shape index (κ2) is 9.53. The van der Waals surface area contributed by atoms with Gasteiger partial charge in [-0.25, -0.2) is 8.42 Å². The minimum absolute atomic E-state index is 0.0422. The molecule has 2 aromatic heterocycles. The second-order valence-electron chi connectivity index (χ2n) is 6.21. The number of rotatable bonds is 9. The lowest BCUT2D eigenvalue weighted by molar-refractivity contribution is -0.113. The van der Waals surface area contributed by atoms with Gasteiger partial charge in [0.25, 0.3) is 0 Å². The lowest BCUT2D eigenvalue weighted by Crippen LogP contribution is -2.30. The number of carbonyl (C=O) groups is 1. The molecule has 1 N–H and O–H groups in total. The number of nitrogens with one attached hydrogen (secondary N) is 1. The topological polar surface area (TPSA) is 123 Å². The van der Waals surface area contributed by atoms with E-state index in [-0.39, 0.29) is 18.2 Å². The van der Waals surface area contributed by atoms with Crippen molar-refractivity contribution >= 4 is 49.8 Å². The Kier molecular flexibility index (Phi) is 7.05. The number of benzene rings is 1. The maximum atomic E-state index is 12.3. The predicted molar refractivity (Wildman–Crippen MR) is 117 cm³/mol. The van der Waals surface area contributed by atoms with Gasteiger partial charge < -0.3 is 4.57 Å². The van der Waals surface area contributed by atoms with E-state index in [1.165, 1.54) is 27.4 Å². The zero-order valence-electron chi connectivity index (χ0n) is 16.6. The van der Waals surface area contributed by atoms with Gasteiger partial charge in [0.15, 0.2) is 11.0 Å². The van der Waals surface area contributed by atoms with Gasteiger partial charge in [-0.15, -0.1) is 20.4 Å². The van der Waals surface area contributed by atoms with E-state index in [4.69, 9.17) is 0 Å². The van der Waals surface area contributed by atoms with Gasteiger partial charge in [0.2, 0.25) is 21.1 Å². The van der Waals surface area contributed by atoms with Crippen molar-refractivity contribution in [3.8, 4) is 0 Å². The quantitative estimate of drug-likeness (QED) is 0.475. The summed E-state index contributed by atoms with van der Waals surface area (Å²) in [6.07, 6.45) is 1.15. The average molecular weight is 468 g/mol. The van der Waals surface area contributed by atoms with Gasteiger partial charge in [-0.2, -0.15) is 0 Å². The predicted octanol–water partition coefficient (Wildman–Crippen LogP) is 2.15. The summed E-state index contributed by atoms with van der Waals surface area (Å²) in [6, 6.07) is 8.82. The standard InChI is InChI=1S/C17H21N7O3S3/c1-4-23-14(10-24(30(3,26)27)13-8-6-5-7-9-13)20-22-17(23)28-11-15(25)18-16-21-19-12(2)29-16/h5-9H,4,10-11H2,1-3H3,(H,18,21,25). The van der Waals surface area contributed by atoms with Gasteiger partial charge in [0.1, 0.15) is 5.01 Å². The molecule has 3 aromatic rings. The summed E-state index contributed by atoms with van der Waals surface area (Å²) in [7, 11) is -3.52. The van der Waals surface area contributed by atoms with Gasteiger partial charge in [-0.1, -0.05) is 41.3 Å². The zero-order chi connectivity index (χ0) is 21.7. The van der Waals surface area contributed by atoms with Crippen LogP contribution in [0.15, 0.2) is 35.5 Å². The largest absolute Gasteiger partial charge is 0.305 e. The van der Waals surface area contributed by atoms with Crippen LogP contribution in [0.1, 0.15) is 17.8 Å². The Labute approximate surface area is 182 Å². The molecule has 0 saturated heterocycles. The number of thioether (sulfide) groups is 1. The van der Waals surface area contributed by atoms with Crippen molar-refractivity contribution < 1.29 is 13.2 Å². The summed E-state index contributed by atoms with van der Waals surface area (Å²) in [5, 5.41) is 20.5. The molecule has 0 aliphatic heterocycles. The molecule has 1 amide bonds. The number of carbonyl (C=O) groups excluding carboxylic acids is 1. The number of sulfonamides is 1. The van der Waals surface area contributed by atoms with E-state index in [2.05, 4.69) is 25.7 Å². The van der Waals surface area contributed by atoms with Gasteiger partial charge in [-0.05, 0) is 26.0 Å². The number of hydrogen-bond donors (Lipinski definition) is 1. The lowest BCUT2D eigenvalue weighted by atomic mass is 10.3. The number of anilines is 2. The molecule has 2 heterocycles. The molecule has 0 unspecified atom stereocenters. The molecule has 3 rings (SSSR count). The van der Waals surface area contributed by atoms with Gasteiger partial charge in [0.05, 0.1) is 24.2 Å². The Morgan fingerprint density at radius 3 is 2.53 bits per heavy atom. The normalized spacial score (nSPS) is 11.4. The first-order valence-corrected chi connectivity index (χ1v) is 12.6. The summed E-state index contributed by atoms with van der Waals surface area (Å²) in [6.45, 7) is 4.30. The summed E-state index contributed by atoms with van der Waals surface area (Å²) < 4.78 is 27.7. The van der Waals surface area contributed by atoms with E-state index < -0.39 is 10.0 Å². The molecular formula is C17H21N7O3S3.